The first kappa shape index (κ1) is 34.9. The lowest BCUT2D eigenvalue weighted by molar-refractivity contribution is 0.698. The molecule has 0 aliphatic heterocycles. The molecule has 47 heavy (non-hydrogen) atoms. The van der Waals surface area contributed by atoms with Gasteiger partial charge in [-0.2, -0.15) is 22.7 Å². The van der Waals surface area contributed by atoms with E-state index in [0.29, 0.717) is 0 Å². The SMILES string of the molecule is CCCCCC[B-](c1ccc(Cl)cc1)(c1ccc(Cl)cc1)c1ccc(Cl)cc1.c1ccc([S+](c2ccccc2)c2ccccc2)cc1. The van der Waals surface area contributed by atoms with Crippen LogP contribution in [0.5, 0.6) is 0 Å². The molecule has 0 saturated heterocycles. The maximum atomic E-state index is 6.21. The summed E-state index contributed by atoms with van der Waals surface area (Å²) in [6, 6.07) is 57.1. The van der Waals surface area contributed by atoms with Gasteiger partial charge in [0.2, 0.25) is 0 Å². The van der Waals surface area contributed by atoms with E-state index in [1.54, 1.807) is 0 Å². The van der Waals surface area contributed by atoms with E-state index in [4.69, 9.17) is 34.8 Å². The van der Waals surface area contributed by atoms with Gasteiger partial charge in [0.15, 0.2) is 14.7 Å². The minimum Gasteiger partial charge on any atom is -0.200 e. The van der Waals surface area contributed by atoms with Gasteiger partial charge in [-0.3, -0.25) is 0 Å². The number of unbranched alkanes of at least 4 members (excludes halogenated alkanes) is 3. The molecule has 0 heterocycles. The fourth-order valence-corrected chi connectivity index (χ4v) is 8.89. The Hall–Kier alpha value is -3.40. The zero-order valence-electron chi connectivity index (χ0n) is 26.7. The minimum atomic E-state index is -1.15. The highest BCUT2D eigenvalue weighted by Gasteiger charge is 2.30. The normalized spacial score (nSPS) is 11.2. The largest absolute Gasteiger partial charge is 0.200 e. The smallest absolute Gasteiger partial charge is 0.166 e. The molecule has 0 atom stereocenters. The third-order valence-electron chi connectivity index (χ3n) is 8.74. The maximum Gasteiger partial charge on any atom is 0.166 e. The summed E-state index contributed by atoms with van der Waals surface area (Å²) in [5.74, 6) is 0. The second kappa shape index (κ2) is 17.7. The Balaban J connectivity index is 0.000000198. The summed E-state index contributed by atoms with van der Waals surface area (Å²) < 4.78 is 0. The van der Waals surface area contributed by atoms with Gasteiger partial charge in [-0.05, 0) is 72.8 Å². The molecule has 5 heteroatoms. The van der Waals surface area contributed by atoms with Crippen LogP contribution < -0.4 is 16.4 Å². The van der Waals surface area contributed by atoms with Crippen molar-refractivity contribution in [1.82, 2.24) is 0 Å². The van der Waals surface area contributed by atoms with Crippen molar-refractivity contribution < 1.29 is 0 Å². The van der Waals surface area contributed by atoms with Crippen molar-refractivity contribution in [2.45, 2.75) is 53.6 Å². The highest BCUT2D eigenvalue weighted by Crippen LogP contribution is 2.30. The second-order valence-electron chi connectivity index (χ2n) is 11.8. The molecule has 6 rings (SSSR count). The van der Waals surface area contributed by atoms with Crippen LogP contribution in [0.15, 0.2) is 178 Å². The Morgan fingerprint density at radius 1 is 0.404 bits per heavy atom. The first-order valence-corrected chi connectivity index (χ1v) is 18.7. The lowest BCUT2D eigenvalue weighted by Crippen LogP contribution is -2.66. The van der Waals surface area contributed by atoms with Crippen LogP contribution in [0.25, 0.3) is 0 Å². The summed E-state index contributed by atoms with van der Waals surface area (Å²) in [6.07, 6.45) is 4.81. The molecule has 0 unspecified atom stereocenters. The van der Waals surface area contributed by atoms with Gasteiger partial charge in [0.25, 0.3) is 0 Å². The molecule has 0 nitrogen and oxygen atoms in total. The number of halogens is 3. The van der Waals surface area contributed by atoms with Gasteiger partial charge in [-0.1, -0.05) is 158 Å². The molecule has 0 N–H and O–H groups in total. The average molecular weight is 694 g/mol. The molecule has 0 aliphatic rings. The van der Waals surface area contributed by atoms with Crippen molar-refractivity contribution in [3.63, 3.8) is 0 Å². The van der Waals surface area contributed by atoms with Crippen LogP contribution >= 0.6 is 34.8 Å². The lowest BCUT2D eigenvalue weighted by Gasteiger charge is -2.43. The standard InChI is InChI=1S/C24H25BCl3.C18H15S/c1-2-3-4-5-18-25(19-6-12-22(26)13-7-19,20-8-14-23(27)15-9-20)21-10-16-24(28)17-11-21;1-4-10-16(11-5-1)19(17-12-6-2-7-13-17)18-14-8-3-9-15-18/h6-17H,2-5,18H2,1H3;1-15H/q-1;+1. The predicted molar refractivity (Wildman–Crippen MR) is 209 cm³/mol. The van der Waals surface area contributed by atoms with E-state index in [1.165, 1.54) is 56.8 Å². The first-order chi connectivity index (χ1) is 23.0. The van der Waals surface area contributed by atoms with Crippen LogP contribution in [0, 0.1) is 0 Å². The molecular formula is C42H40BCl3S. The monoisotopic (exact) mass is 692 g/mol. The lowest BCUT2D eigenvalue weighted by atomic mass is 9.14. The highest BCUT2D eigenvalue weighted by atomic mass is 35.5. The first-order valence-electron chi connectivity index (χ1n) is 16.4. The van der Waals surface area contributed by atoms with E-state index in [-0.39, 0.29) is 10.9 Å². The van der Waals surface area contributed by atoms with E-state index in [1.807, 2.05) is 36.4 Å². The number of rotatable bonds is 11. The quantitative estimate of drug-likeness (QED) is 0.0720. The Morgan fingerprint density at radius 3 is 1.02 bits per heavy atom. The fourth-order valence-electron chi connectivity index (χ4n) is 6.41. The van der Waals surface area contributed by atoms with Gasteiger partial charge in [-0.25, -0.2) is 0 Å². The number of hydrogen-bond donors (Lipinski definition) is 0. The van der Waals surface area contributed by atoms with Crippen LogP contribution in [0.4, 0.5) is 0 Å². The van der Waals surface area contributed by atoms with Crippen LogP contribution in [0.2, 0.25) is 21.4 Å². The van der Waals surface area contributed by atoms with Gasteiger partial charge in [0.05, 0.1) is 17.0 Å². The van der Waals surface area contributed by atoms with Crippen molar-refractivity contribution in [1.29, 1.82) is 0 Å². The van der Waals surface area contributed by atoms with Crippen molar-refractivity contribution in [2.24, 2.45) is 0 Å². The molecule has 0 saturated carbocycles. The minimum absolute atomic E-state index is 0.0146. The Bertz CT molecular complexity index is 1560. The van der Waals surface area contributed by atoms with Gasteiger partial charge >= 0.3 is 0 Å². The van der Waals surface area contributed by atoms with E-state index < -0.39 is 6.15 Å². The van der Waals surface area contributed by atoms with Gasteiger partial charge in [0, 0.05) is 15.1 Å². The molecule has 0 aromatic heterocycles. The number of benzene rings is 6. The van der Waals surface area contributed by atoms with Crippen molar-refractivity contribution in [3.8, 4) is 0 Å². The molecule has 0 fully saturated rings. The van der Waals surface area contributed by atoms with E-state index in [2.05, 4.69) is 134 Å². The third-order valence-corrected chi connectivity index (χ3v) is 11.7. The summed E-state index contributed by atoms with van der Waals surface area (Å²) in [4.78, 5) is 4.08. The summed E-state index contributed by atoms with van der Waals surface area (Å²) in [6.45, 7) is 2.25. The molecule has 0 spiro atoms. The molecule has 6 aromatic carbocycles. The summed E-state index contributed by atoms with van der Waals surface area (Å²) in [5.41, 5.74) is 3.89. The Labute approximate surface area is 299 Å². The number of hydrogen-bond acceptors (Lipinski definition) is 0. The molecule has 238 valence electrons. The van der Waals surface area contributed by atoms with Crippen molar-refractivity contribution >= 4 is 68.2 Å². The molecule has 0 bridgehead atoms. The van der Waals surface area contributed by atoms with Crippen molar-refractivity contribution in [2.75, 3.05) is 0 Å². The maximum absolute atomic E-state index is 6.21. The van der Waals surface area contributed by atoms with Crippen LogP contribution in [-0.2, 0) is 10.9 Å². The molecular weight excluding hydrogens is 654 g/mol. The fraction of sp³-hybridized carbons (Fsp3) is 0.143. The van der Waals surface area contributed by atoms with Gasteiger partial charge < -0.3 is 0 Å². The summed E-state index contributed by atoms with van der Waals surface area (Å²) >= 11 is 18.6. The van der Waals surface area contributed by atoms with Gasteiger partial charge in [-0.15, -0.1) is 0 Å². The van der Waals surface area contributed by atoms with Crippen LogP contribution in [-0.4, -0.2) is 6.15 Å². The van der Waals surface area contributed by atoms with Gasteiger partial charge in [0.1, 0.15) is 0 Å². The molecule has 0 amide bonds. The summed E-state index contributed by atoms with van der Waals surface area (Å²) in [7, 11) is -0.0146. The van der Waals surface area contributed by atoms with Crippen molar-refractivity contribution in [3.05, 3.63) is 179 Å². The Morgan fingerprint density at radius 2 is 0.723 bits per heavy atom. The molecule has 0 aliphatic carbocycles. The topological polar surface area (TPSA) is 0 Å². The molecule has 0 radical (unpaired) electrons. The highest BCUT2D eigenvalue weighted by molar-refractivity contribution is 7.97. The van der Waals surface area contributed by atoms with E-state index in [9.17, 15) is 0 Å². The van der Waals surface area contributed by atoms with E-state index >= 15 is 0 Å². The average Bonchev–Trinajstić information content (AvgIpc) is 3.12. The van der Waals surface area contributed by atoms with Crippen LogP contribution in [0.1, 0.15) is 32.6 Å². The zero-order valence-corrected chi connectivity index (χ0v) is 29.8. The Kier molecular flexibility index (Phi) is 13.1. The van der Waals surface area contributed by atoms with E-state index in [0.717, 1.165) is 21.4 Å². The second-order valence-corrected chi connectivity index (χ2v) is 15.1. The van der Waals surface area contributed by atoms with Crippen LogP contribution in [0.3, 0.4) is 0 Å². The summed E-state index contributed by atoms with van der Waals surface area (Å²) in [5, 5.41) is 2.27. The third kappa shape index (κ3) is 9.15. The zero-order chi connectivity index (χ0) is 32.9. The predicted octanol–water partition coefficient (Wildman–Crippen LogP) is 11.5. The molecule has 6 aromatic rings.